The highest BCUT2D eigenvalue weighted by molar-refractivity contribution is 6.19. The van der Waals surface area contributed by atoms with E-state index in [4.69, 9.17) is 10.2 Å². The van der Waals surface area contributed by atoms with Crippen LogP contribution in [0.2, 0.25) is 0 Å². The average molecular weight is 254 g/mol. The first-order chi connectivity index (χ1) is 9.22. The summed E-state index contributed by atoms with van der Waals surface area (Å²) >= 11 is 0. The zero-order valence-corrected chi connectivity index (χ0v) is 9.84. The number of para-hydroxylation sites is 1. The first-order valence-electron chi connectivity index (χ1n) is 5.66. The zero-order valence-electron chi connectivity index (χ0n) is 9.84. The molecule has 0 bridgehead atoms. The second-order valence-electron chi connectivity index (χ2n) is 4.09. The van der Waals surface area contributed by atoms with Gasteiger partial charge in [-0.1, -0.05) is 18.2 Å². The monoisotopic (exact) mass is 254 g/mol. The Hall–Kier alpha value is -2.82. The Bertz CT molecular complexity index is 805. The number of anilines is 1. The number of primary amides is 1. The van der Waals surface area contributed by atoms with Crippen LogP contribution in [0.25, 0.3) is 21.9 Å². The summed E-state index contributed by atoms with van der Waals surface area (Å²) in [5.74, 6) is -0.610. The maximum Gasteiger partial charge on any atom is 0.251 e. The molecule has 1 heterocycles. The first kappa shape index (κ1) is 11.3. The average Bonchev–Trinajstić information content (AvgIpc) is 2.77. The predicted molar refractivity (Wildman–Crippen MR) is 71.9 cm³/mol. The maximum absolute atomic E-state index is 11.7. The molecule has 0 unspecified atom stereocenters. The summed E-state index contributed by atoms with van der Waals surface area (Å²) in [5, 5.41) is 3.89. The van der Waals surface area contributed by atoms with Gasteiger partial charge in [-0.05, 0) is 18.2 Å². The lowest BCUT2D eigenvalue weighted by Gasteiger charge is -2.06. The number of hydrogen-bond acceptors (Lipinski definition) is 3. The van der Waals surface area contributed by atoms with Crippen LogP contribution >= 0.6 is 0 Å². The molecule has 3 aromatic rings. The van der Waals surface area contributed by atoms with Crippen molar-refractivity contribution < 1.29 is 14.0 Å². The van der Waals surface area contributed by atoms with Crippen molar-refractivity contribution in [2.24, 2.45) is 5.73 Å². The van der Waals surface area contributed by atoms with Gasteiger partial charge in [0.1, 0.15) is 11.2 Å². The van der Waals surface area contributed by atoms with Gasteiger partial charge in [-0.25, -0.2) is 0 Å². The lowest BCUT2D eigenvalue weighted by atomic mass is 10.0. The minimum Gasteiger partial charge on any atom is -0.456 e. The van der Waals surface area contributed by atoms with Crippen LogP contribution in [-0.2, 0) is 4.79 Å². The van der Waals surface area contributed by atoms with Crippen molar-refractivity contribution in [3.05, 3.63) is 42.0 Å². The van der Waals surface area contributed by atoms with E-state index in [1.165, 1.54) is 0 Å². The highest BCUT2D eigenvalue weighted by Gasteiger charge is 2.18. The van der Waals surface area contributed by atoms with Gasteiger partial charge >= 0.3 is 0 Å². The Balaban J connectivity index is 2.49. The molecule has 2 aromatic carbocycles. The number of fused-ring (bicyclic) bond motifs is 3. The molecule has 5 nitrogen and oxygen atoms in total. The molecule has 3 N–H and O–H groups in total. The molecule has 0 fully saturated rings. The van der Waals surface area contributed by atoms with E-state index in [1.807, 2.05) is 24.3 Å². The first-order valence-corrected chi connectivity index (χ1v) is 5.66. The number of amides is 2. The summed E-state index contributed by atoms with van der Waals surface area (Å²) in [6.45, 7) is 0. The molecule has 0 atom stereocenters. The minimum absolute atomic E-state index is 0.259. The number of nitrogens with one attached hydrogen (secondary N) is 1. The van der Waals surface area contributed by atoms with Crippen LogP contribution in [0, 0.1) is 0 Å². The topological polar surface area (TPSA) is 85.3 Å². The number of nitrogens with two attached hydrogens (primary N) is 1. The molecule has 0 saturated heterocycles. The van der Waals surface area contributed by atoms with Crippen molar-refractivity contribution in [2.75, 3.05) is 5.32 Å². The fourth-order valence-electron chi connectivity index (χ4n) is 2.26. The number of rotatable bonds is 3. The Morgan fingerprint density at radius 2 is 1.95 bits per heavy atom. The highest BCUT2D eigenvalue weighted by Crippen LogP contribution is 2.34. The summed E-state index contributed by atoms with van der Waals surface area (Å²) in [7, 11) is 0. The van der Waals surface area contributed by atoms with Gasteiger partial charge in [0.25, 0.3) is 5.91 Å². The van der Waals surface area contributed by atoms with Crippen LogP contribution in [0.3, 0.4) is 0 Å². The fourth-order valence-corrected chi connectivity index (χ4v) is 2.26. The van der Waals surface area contributed by atoms with Crippen molar-refractivity contribution in [3.8, 4) is 0 Å². The molecule has 0 aliphatic heterocycles. The van der Waals surface area contributed by atoms with E-state index < -0.39 is 5.91 Å². The van der Waals surface area contributed by atoms with E-state index in [0.29, 0.717) is 28.6 Å². The van der Waals surface area contributed by atoms with E-state index in [9.17, 15) is 9.59 Å². The normalized spacial score (nSPS) is 10.7. The van der Waals surface area contributed by atoms with Crippen LogP contribution in [0.1, 0.15) is 10.4 Å². The van der Waals surface area contributed by atoms with E-state index in [1.54, 1.807) is 12.1 Å². The van der Waals surface area contributed by atoms with Gasteiger partial charge in [-0.2, -0.15) is 0 Å². The van der Waals surface area contributed by atoms with Gasteiger partial charge in [0.05, 0.1) is 11.3 Å². The van der Waals surface area contributed by atoms with Crippen LogP contribution in [0.5, 0.6) is 0 Å². The Morgan fingerprint density at radius 1 is 1.16 bits per heavy atom. The Morgan fingerprint density at radius 3 is 2.68 bits per heavy atom. The standard InChI is InChI=1S/C14H10N2O3/c15-14(18)13-9(16-7-17)5-6-11-12(13)8-3-1-2-4-10(8)19-11/h1-7H,(H2,15,18)(H,16,17). The molecule has 5 heteroatoms. The zero-order chi connectivity index (χ0) is 13.4. The van der Waals surface area contributed by atoms with Crippen molar-refractivity contribution >= 4 is 39.9 Å². The maximum atomic E-state index is 11.7. The molecule has 3 rings (SSSR count). The van der Waals surface area contributed by atoms with Gasteiger partial charge in [0, 0.05) is 10.8 Å². The number of carbonyl (C=O) groups excluding carboxylic acids is 2. The number of carbonyl (C=O) groups is 2. The molecule has 0 aliphatic carbocycles. The lowest BCUT2D eigenvalue weighted by Crippen LogP contribution is -2.14. The minimum atomic E-state index is -0.610. The number of hydrogen-bond donors (Lipinski definition) is 2. The SMILES string of the molecule is NC(=O)c1c(NC=O)ccc2oc3ccccc3c12. The van der Waals surface area contributed by atoms with Crippen LogP contribution in [0.4, 0.5) is 5.69 Å². The quantitative estimate of drug-likeness (QED) is 0.703. The number of benzene rings is 2. The van der Waals surface area contributed by atoms with Gasteiger partial charge in [-0.15, -0.1) is 0 Å². The van der Waals surface area contributed by atoms with Gasteiger partial charge in [0.15, 0.2) is 0 Å². The smallest absolute Gasteiger partial charge is 0.251 e. The van der Waals surface area contributed by atoms with Gasteiger partial charge in [0.2, 0.25) is 6.41 Å². The van der Waals surface area contributed by atoms with Crippen molar-refractivity contribution in [2.45, 2.75) is 0 Å². The molecule has 2 amide bonds. The molecule has 94 valence electrons. The summed E-state index contributed by atoms with van der Waals surface area (Å²) in [4.78, 5) is 22.3. The molecule has 0 radical (unpaired) electrons. The summed E-state index contributed by atoms with van der Waals surface area (Å²) in [5.41, 5.74) is 7.29. The third-order valence-corrected chi connectivity index (χ3v) is 3.00. The lowest BCUT2D eigenvalue weighted by molar-refractivity contribution is -0.105. The van der Waals surface area contributed by atoms with Crippen molar-refractivity contribution in [1.29, 1.82) is 0 Å². The van der Waals surface area contributed by atoms with Gasteiger partial charge < -0.3 is 15.5 Å². The molecule has 19 heavy (non-hydrogen) atoms. The van der Waals surface area contributed by atoms with Crippen LogP contribution in [-0.4, -0.2) is 12.3 Å². The molecular formula is C14H10N2O3. The molecule has 1 aromatic heterocycles. The summed E-state index contributed by atoms with van der Waals surface area (Å²) in [6, 6.07) is 10.7. The predicted octanol–water partition coefficient (Wildman–Crippen LogP) is 2.25. The number of furan rings is 1. The van der Waals surface area contributed by atoms with Crippen LogP contribution < -0.4 is 11.1 Å². The second-order valence-corrected chi connectivity index (χ2v) is 4.09. The van der Waals surface area contributed by atoms with E-state index >= 15 is 0 Å². The summed E-state index contributed by atoms with van der Waals surface area (Å²) < 4.78 is 5.65. The third kappa shape index (κ3) is 1.63. The highest BCUT2D eigenvalue weighted by atomic mass is 16.3. The van der Waals surface area contributed by atoms with Crippen molar-refractivity contribution in [3.63, 3.8) is 0 Å². The Labute approximate surface area is 108 Å². The van der Waals surface area contributed by atoms with E-state index in [0.717, 1.165) is 5.39 Å². The molecule has 0 saturated carbocycles. The van der Waals surface area contributed by atoms with E-state index in [2.05, 4.69) is 5.32 Å². The fraction of sp³-hybridized carbons (Fsp3) is 0. The van der Waals surface area contributed by atoms with Crippen LogP contribution in [0.15, 0.2) is 40.8 Å². The largest absolute Gasteiger partial charge is 0.456 e. The van der Waals surface area contributed by atoms with E-state index in [-0.39, 0.29) is 5.56 Å². The summed E-state index contributed by atoms with van der Waals surface area (Å²) in [6.07, 6.45) is 0.510. The molecular weight excluding hydrogens is 244 g/mol. The van der Waals surface area contributed by atoms with Gasteiger partial charge in [-0.3, -0.25) is 9.59 Å². The third-order valence-electron chi connectivity index (χ3n) is 3.00. The Kier molecular flexibility index (Phi) is 2.45. The second kappa shape index (κ2) is 4.13. The molecule has 0 aliphatic rings. The molecule has 0 spiro atoms. The van der Waals surface area contributed by atoms with Crippen molar-refractivity contribution in [1.82, 2.24) is 0 Å².